The number of likely N-dealkylation sites (tertiary alicyclic amines) is 1. The molecule has 1 aliphatic heterocycles. The molecule has 0 aromatic rings. The minimum Gasteiger partial charge on any atom is -0.480 e. The van der Waals surface area contributed by atoms with Gasteiger partial charge in [0.2, 0.25) is 0 Å². The van der Waals surface area contributed by atoms with Crippen molar-refractivity contribution in [3.05, 3.63) is 0 Å². The van der Waals surface area contributed by atoms with Crippen molar-refractivity contribution in [3.8, 4) is 0 Å². The van der Waals surface area contributed by atoms with Crippen molar-refractivity contribution in [2.75, 3.05) is 13.1 Å². The fourth-order valence-corrected chi connectivity index (χ4v) is 2.17. The molecule has 2 N–H and O–H groups in total. The third kappa shape index (κ3) is 2.13. The van der Waals surface area contributed by atoms with Gasteiger partial charge in [0.15, 0.2) is 0 Å². The van der Waals surface area contributed by atoms with E-state index < -0.39 is 11.5 Å². The average molecular weight is 226 g/mol. The van der Waals surface area contributed by atoms with Gasteiger partial charge in [0.25, 0.3) is 0 Å². The first-order valence-corrected chi connectivity index (χ1v) is 5.84. The highest BCUT2D eigenvalue weighted by Gasteiger charge is 2.52. The average Bonchev–Trinajstić information content (AvgIpc) is 2.99. The lowest BCUT2D eigenvalue weighted by Gasteiger charge is -2.31. The Morgan fingerprint density at radius 3 is 2.62 bits per heavy atom. The van der Waals surface area contributed by atoms with Crippen LogP contribution in [0.2, 0.25) is 0 Å². The van der Waals surface area contributed by atoms with E-state index in [1.807, 2.05) is 0 Å². The van der Waals surface area contributed by atoms with Crippen LogP contribution in [0, 0.1) is 5.92 Å². The van der Waals surface area contributed by atoms with Crippen LogP contribution in [0.3, 0.4) is 0 Å². The van der Waals surface area contributed by atoms with Crippen LogP contribution >= 0.6 is 0 Å². The number of rotatable bonds is 2. The molecular weight excluding hydrogens is 208 g/mol. The Bertz CT molecular complexity index is 312. The number of carboxylic acids is 1. The first-order valence-electron chi connectivity index (χ1n) is 5.84. The van der Waals surface area contributed by atoms with Crippen molar-refractivity contribution in [2.45, 2.75) is 38.1 Å². The summed E-state index contributed by atoms with van der Waals surface area (Å²) in [6.45, 7) is 3.59. The zero-order valence-electron chi connectivity index (χ0n) is 9.53. The summed E-state index contributed by atoms with van der Waals surface area (Å²) in [4.78, 5) is 24.5. The van der Waals surface area contributed by atoms with Crippen LogP contribution in [0.5, 0.6) is 0 Å². The number of carboxylic acid groups (broad SMARTS) is 1. The van der Waals surface area contributed by atoms with Gasteiger partial charge < -0.3 is 15.3 Å². The van der Waals surface area contributed by atoms with E-state index in [4.69, 9.17) is 5.11 Å². The van der Waals surface area contributed by atoms with Gasteiger partial charge in [0.1, 0.15) is 5.54 Å². The summed E-state index contributed by atoms with van der Waals surface area (Å²) in [7, 11) is 0. The number of aliphatic carboxylic acids is 1. The summed E-state index contributed by atoms with van der Waals surface area (Å²) in [5, 5.41) is 11.6. The summed E-state index contributed by atoms with van der Waals surface area (Å²) >= 11 is 0. The molecule has 1 saturated carbocycles. The molecule has 2 aliphatic rings. The number of nitrogens with one attached hydrogen (secondary N) is 1. The summed E-state index contributed by atoms with van der Waals surface area (Å²) in [5.74, 6) is -0.398. The number of carbonyl (C=O) groups is 2. The minimum atomic E-state index is -0.961. The molecule has 2 fully saturated rings. The lowest BCUT2D eigenvalue weighted by atomic mass is 10.0. The van der Waals surface area contributed by atoms with Crippen LogP contribution in [0.4, 0.5) is 4.79 Å². The SMILES string of the molecule is CC1CCCN(C(=O)NC2(C(=O)O)CC2)C1. The Balaban J connectivity index is 1.90. The minimum absolute atomic E-state index is 0.216. The van der Waals surface area contributed by atoms with Gasteiger partial charge in [-0.15, -0.1) is 0 Å². The molecule has 0 aromatic carbocycles. The quantitative estimate of drug-likeness (QED) is 0.739. The highest BCUT2D eigenvalue weighted by molar-refractivity contribution is 5.88. The summed E-state index contributed by atoms with van der Waals surface area (Å²) in [6.07, 6.45) is 3.26. The Labute approximate surface area is 94.8 Å². The van der Waals surface area contributed by atoms with Crippen LogP contribution in [0.1, 0.15) is 32.6 Å². The fraction of sp³-hybridized carbons (Fsp3) is 0.818. The van der Waals surface area contributed by atoms with Gasteiger partial charge in [-0.25, -0.2) is 9.59 Å². The van der Waals surface area contributed by atoms with Crippen molar-refractivity contribution in [2.24, 2.45) is 5.92 Å². The van der Waals surface area contributed by atoms with E-state index in [1.165, 1.54) is 0 Å². The van der Waals surface area contributed by atoms with Crippen LogP contribution in [0.25, 0.3) is 0 Å². The maximum Gasteiger partial charge on any atom is 0.329 e. The lowest BCUT2D eigenvalue weighted by molar-refractivity contribution is -0.140. The molecule has 0 spiro atoms. The Kier molecular flexibility index (Phi) is 2.78. The van der Waals surface area contributed by atoms with Crippen molar-refractivity contribution < 1.29 is 14.7 Å². The smallest absolute Gasteiger partial charge is 0.329 e. The second-order valence-corrected chi connectivity index (χ2v) is 5.01. The van der Waals surface area contributed by atoms with Gasteiger partial charge in [-0.05, 0) is 31.6 Å². The molecule has 90 valence electrons. The number of piperidine rings is 1. The third-order valence-electron chi connectivity index (χ3n) is 3.45. The molecule has 1 unspecified atom stereocenters. The highest BCUT2D eigenvalue weighted by atomic mass is 16.4. The summed E-state index contributed by atoms with van der Waals surface area (Å²) in [6, 6.07) is -0.216. The monoisotopic (exact) mass is 226 g/mol. The van der Waals surface area contributed by atoms with E-state index in [0.717, 1.165) is 25.9 Å². The third-order valence-corrected chi connectivity index (χ3v) is 3.45. The zero-order valence-corrected chi connectivity index (χ0v) is 9.53. The second-order valence-electron chi connectivity index (χ2n) is 5.01. The Hall–Kier alpha value is -1.26. The predicted octanol–water partition coefficient (Wildman–Crippen LogP) is 1.05. The molecule has 2 rings (SSSR count). The van der Waals surface area contributed by atoms with Crippen LogP contribution < -0.4 is 5.32 Å². The summed E-state index contributed by atoms with van der Waals surface area (Å²) in [5.41, 5.74) is -0.961. The van der Waals surface area contributed by atoms with E-state index in [0.29, 0.717) is 18.8 Å². The number of nitrogens with zero attached hydrogens (tertiary/aromatic N) is 1. The van der Waals surface area contributed by atoms with Gasteiger partial charge in [-0.2, -0.15) is 0 Å². The number of amides is 2. The Morgan fingerprint density at radius 1 is 1.44 bits per heavy atom. The van der Waals surface area contributed by atoms with Crippen molar-refractivity contribution in [1.29, 1.82) is 0 Å². The van der Waals surface area contributed by atoms with Gasteiger partial charge >= 0.3 is 12.0 Å². The zero-order chi connectivity index (χ0) is 11.8. The largest absolute Gasteiger partial charge is 0.480 e. The van der Waals surface area contributed by atoms with E-state index in [-0.39, 0.29) is 6.03 Å². The molecule has 2 amide bonds. The van der Waals surface area contributed by atoms with Crippen molar-refractivity contribution in [3.63, 3.8) is 0 Å². The normalized spacial score (nSPS) is 27.3. The molecule has 0 aromatic heterocycles. The van der Waals surface area contributed by atoms with Gasteiger partial charge in [-0.1, -0.05) is 6.92 Å². The molecule has 0 radical (unpaired) electrons. The number of urea groups is 1. The first kappa shape index (κ1) is 11.2. The highest BCUT2D eigenvalue weighted by Crippen LogP contribution is 2.35. The first-order chi connectivity index (χ1) is 7.53. The molecular formula is C11H18N2O3. The van der Waals surface area contributed by atoms with Crippen molar-refractivity contribution in [1.82, 2.24) is 10.2 Å². The van der Waals surface area contributed by atoms with E-state index in [2.05, 4.69) is 12.2 Å². The van der Waals surface area contributed by atoms with Gasteiger partial charge in [0.05, 0.1) is 0 Å². The van der Waals surface area contributed by atoms with E-state index in [1.54, 1.807) is 4.90 Å². The number of hydrogen-bond acceptors (Lipinski definition) is 2. The summed E-state index contributed by atoms with van der Waals surface area (Å²) < 4.78 is 0. The van der Waals surface area contributed by atoms with E-state index >= 15 is 0 Å². The lowest BCUT2D eigenvalue weighted by Crippen LogP contribution is -2.51. The standard InChI is InChI=1S/C11H18N2O3/c1-8-3-2-6-13(7-8)10(16)12-11(4-5-11)9(14)15/h8H,2-7H2,1H3,(H,12,16)(H,14,15). The van der Waals surface area contributed by atoms with Gasteiger partial charge in [0, 0.05) is 13.1 Å². The van der Waals surface area contributed by atoms with Crippen molar-refractivity contribution >= 4 is 12.0 Å². The molecule has 16 heavy (non-hydrogen) atoms. The topological polar surface area (TPSA) is 69.6 Å². The molecule has 5 nitrogen and oxygen atoms in total. The number of hydrogen-bond donors (Lipinski definition) is 2. The molecule has 1 saturated heterocycles. The second kappa shape index (κ2) is 3.96. The fourth-order valence-electron chi connectivity index (χ4n) is 2.17. The van der Waals surface area contributed by atoms with Crippen LogP contribution in [-0.4, -0.2) is 40.6 Å². The van der Waals surface area contributed by atoms with E-state index in [9.17, 15) is 9.59 Å². The molecule has 0 bridgehead atoms. The van der Waals surface area contributed by atoms with Crippen LogP contribution in [-0.2, 0) is 4.79 Å². The maximum absolute atomic E-state index is 11.9. The predicted molar refractivity (Wildman–Crippen MR) is 58.1 cm³/mol. The van der Waals surface area contributed by atoms with Gasteiger partial charge in [-0.3, -0.25) is 0 Å². The Morgan fingerprint density at radius 2 is 2.12 bits per heavy atom. The molecule has 1 heterocycles. The molecule has 1 aliphatic carbocycles. The number of carbonyl (C=O) groups excluding carboxylic acids is 1. The maximum atomic E-state index is 11.9. The van der Waals surface area contributed by atoms with Crippen LogP contribution in [0.15, 0.2) is 0 Å². The molecule has 1 atom stereocenters. The molecule has 5 heteroatoms.